The molecule has 0 saturated carbocycles. The van der Waals surface area contributed by atoms with Crippen molar-refractivity contribution in [3.05, 3.63) is 71.3 Å². The van der Waals surface area contributed by atoms with E-state index in [0.717, 1.165) is 22.4 Å². The Bertz CT molecular complexity index is 830. The van der Waals surface area contributed by atoms with E-state index in [2.05, 4.69) is 5.32 Å². The summed E-state index contributed by atoms with van der Waals surface area (Å²) in [5.74, 6) is -0.633. The molecule has 1 N–H and O–H groups in total. The lowest BCUT2D eigenvalue weighted by atomic mass is 9.87. The molecule has 1 heterocycles. The maximum absolute atomic E-state index is 13.0. The second-order valence-electron chi connectivity index (χ2n) is 6.42. The lowest BCUT2D eigenvalue weighted by Gasteiger charge is -2.25. The highest BCUT2D eigenvalue weighted by Gasteiger charge is 2.51. The third-order valence-corrected chi connectivity index (χ3v) is 4.96. The Morgan fingerprint density at radius 3 is 2.23 bits per heavy atom. The number of nitrogens with zero attached hydrogens (tertiary/aromatic N) is 1. The van der Waals surface area contributed by atoms with Gasteiger partial charge in [-0.05, 0) is 24.0 Å². The van der Waals surface area contributed by atoms with Crippen LogP contribution in [0.25, 0.3) is 0 Å². The lowest BCUT2D eigenvalue weighted by molar-refractivity contribution is -0.131. The van der Waals surface area contributed by atoms with E-state index in [1.54, 1.807) is 12.1 Å². The molecule has 0 radical (unpaired) electrons. The van der Waals surface area contributed by atoms with Gasteiger partial charge >= 0.3 is 6.03 Å². The number of carbonyl (C=O) groups is 3. The third kappa shape index (κ3) is 3.01. The van der Waals surface area contributed by atoms with Crippen molar-refractivity contribution in [2.75, 3.05) is 6.54 Å². The van der Waals surface area contributed by atoms with Gasteiger partial charge in [-0.1, -0.05) is 68.4 Å². The summed E-state index contributed by atoms with van der Waals surface area (Å²) >= 11 is 0. The number of benzene rings is 2. The van der Waals surface area contributed by atoms with Crippen molar-refractivity contribution >= 4 is 17.7 Å². The predicted octanol–water partition coefficient (Wildman–Crippen LogP) is 3.29. The fourth-order valence-corrected chi connectivity index (χ4v) is 3.29. The van der Waals surface area contributed by atoms with Crippen LogP contribution in [0.4, 0.5) is 4.79 Å². The molecule has 1 atom stereocenters. The average Bonchev–Trinajstić information content (AvgIpc) is 2.93. The third-order valence-electron chi connectivity index (χ3n) is 4.96. The predicted molar refractivity (Wildman–Crippen MR) is 98.8 cm³/mol. The number of carbonyl (C=O) groups excluding carboxylic acids is 3. The Hall–Kier alpha value is -2.95. The summed E-state index contributed by atoms with van der Waals surface area (Å²) in [7, 11) is 0. The number of aryl methyl sites for hydroxylation is 1. The Kier molecular flexibility index (Phi) is 4.89. The highest BCUT2D eigenvalue weighted by Crippen LogP contribution is 2.32. The normalized spacial score (nSPS) is 19.5. The minimum Gasteiger partial charge on any atom is -0.319 e. The van der Waals surface area contributed by atoms with Crippen LogP contribution in [0.1, 0.15) is 41.8 Å². The first-order valence-corrected chi connectivity index (χ1v) is 8.83. The highest BCUT2D eigenvalue weighted by molar-refractivity contribution is 6.11. The van der Waals surface area contributed by atoms with E-state index in [4.69, 9.17) is 0 Å². The molecule has 3 amide bonds. The second kappa shape index (κ2) is 7.12. The Morgan fingerprint density at radius 1 is 1.00 bits per heavy atom. The molecule has 0 spiro atoms. The molecule has 1 saturated heterocycles. The minimum absolute atomic E-state index is 0.254. The molecule has 0 aromatic heterocycles. The number of ketones is 1. The zero-order chi connectivity index (χ0) is 18.7. The van der Waals surface area contributed by atoms with Gasteiger partial charge in [0, 0.05) is 5.56 Å². The van der Waals surface area contributed by atoms with Crippen molar-refractivity contribution in [3.63, 3.8) is 0 Å². The number of rotatable bonds is 6. The SMILES string of the molecule is CCc1ccc(C(=O)CN2C(=O)N[C@](CC)(c3ccccc3)C2=O)cc1. The van der Waals surface area contributed by atoms with E-state index >= 15 is 0 Å². The standard InChI is InChI=1S/C21H22N2O3/c1-3-15-10-12-16(13-11-15)18(24)14-23-19(25)21(4-2,22-20(23)26)17-8-6-5-7-9-17/h5-13H,3-4,14H2,1-2H3,(H,22,26)/t21-/m1/s1. The van der Waals surface area contributed by atoms with Crippen molar-refractivity contribution in [3.8, 4) is 0 Å². The van der Waals surface area contributed by atoms with Crippen molar-refractivity contribution in [2.45, 2.75) is 32.2 Å². The fraction of sp³-hybridized carbons (Fsp3) is 0.286. The van der Waals surface area contributed by atoms with Gasteiger partial charge in [0.25, 0.3) is 5.91 Å². The van der Waals surface area contributed by atoms with Crippen LogP contribution in [-0.2, 0) is 16.8 Å². The summed E-state index contributed by atoms with van der Waals surface area (Å²) < 4.78 is 0. The highest BCUT2D eigenvalue weighted by atomic mass is 16.2. The van der Waals surface area contributed by atoms with Gasteiger partial charge in [-0.25, -0.2) is 4.79 Å². The van der Waals surface area contributed by atoms with E-state index < -0.39 is 11.6 Å². The van der Waals surface area contributed by atoms with Gasteiger partial charge in [0.2, 0.25) is 0 Å². The molecule has 26 heavy (non-hydrogen) atoms. The van der Waals surface area contributed by atoms with Gasteiger partial charge in [-0.15, -0.1) is 0 Å². The van der Waals surface area contributed by atoms with Crippen LogP contribution in [0.5, 0.6) is 0 Å². The number of hydrogen-bond acceptors (Lipinski definition) is 3. The first-order valence-electron chi connectivity index (χ1n) is 8.83. The number of hydrogen-bond donors (Lipinski definition) is 1. The number of nitrogens with one attached hydrogen (secondary N) is 1. The van der Waals surface area contributed by atoms with Gasteiger partial charge < -0.3 is 5.32 Å². The van der Waals surface area contributed by atoms with Crippen molar-refractivity contribution in [1.29, 1.82) is 0 Å². The van der Waals surface area contributed by atoms with Crippen molar-refractivity contribution in [2.24, 2.45) is 0 Å². The number of Topliss-reactive ketones (excluding diaryl/α,β-unsaturated/α-hetero) is 1. The molecule has 2 aromatic carbocycles. The zero-order valence-electron chi connectivity index (χ0n) is 15.0. The average molecular weight is 350 g/mol. The van der Waals surface area contributed by atoms with E-state index in [9.17, 15) is 14.4 Å². The summed E-state index contributed by atoms with van der Waals surface area (Å²) in [5, 5.41) is 2.79. The summed E-state index contributed by atoms with van der Waals surface area (Å²) in [5.41, 5.74) is 1.25. The Balaban J connectivity index is 1.83. The van der Waals surface area contributed by atoms with Crippen LogP contribution >= 0.6 is 0 Å². The smallest absolute Gasteiger partial charge is 0.319 e. The molecule has 0 aliphatic carbocycles. The first kappa shape index (κ1) is 17.9. The molecular weight excluding hydrogens is 328 g/mol. The molecule has 1 aliphatic heterocycles. The minimum atomic E-state index is -1.11. The van der Waals surface area contributed by atoms with E-state index in [1.165, 1.54) is 0 Å². The molecule has 1 fully saturated rings. The van der Waals surface area contributed by atoms with Crippen molar-refractivity contribution < 1.29 is 14.4 Å². The zero-order valence-corrected chi connectivity index (χ0v) is 15.0. The molecule has 3 rings (SSSR count). The molecule has 134 valence electrons. The summed E-state index contributed by atoms with van der Waals surface area (Å²) in [6.45, 7) is 3.63. The summed E-state index contributed by atoms with van der Waals surface area (Å²) in [6.07, 6.45) is 1.30. The topological polar surface area (TPSA) is 66.5 Å². The summed E-state index contributed by atoms with van der Waals surface area (Å²) in [6, 6.07) is 15.9. The van der Waals surface area contributed by atoms with E-state index in [0.29, 0.717) is 12.0 Å². The van der Waals surface area contributed by atoms with Crippen molar-refractivity contribution in [1.82, 2.24) is 10.2 Å². The maximum Gasteiger partial charge on any atom is 0.325 e. The first-order chi connectivity index (χ1) is 12.5. The maximum atomic E-state index is 13.0. The lowest BCUT2D eigenvalue weighted by Crippen LogP contribution is -2.43. The molecule has 2 aromatic rings. The van der Waals surface area contributed by atoms with Gasteiger partial charge in [0.1, 0.15) is 5.54 Å². The summed E-state index contributed by atoms with van der Waals surface area (Å²) in [4.78, 5) is 39.0. The molecule has 5 heteroatoms. The monoisotopic (exact) mass is 350 g/mol. The van der Waals surface area contributed by atoms with Gasteiger partial charge in [0.15, 0.2) is 5.78 Å². The van der Waals surface area contributed by atoms with Gasteiger partial charge in [0.05, 0.1) is 6.54 Å². The molecule has 5 nitrogen and oxygen atoms in total. The van der Waals surface area contributed by atoms with Crippen LogP contribution in [0.3, 0.4) is 0 Å². The number of amides is 3. The second-order valence-corrected chi connectivity index (χ2v) is 6.42. The molecule has 0 unspecified atom stereocenters. The van der Waals surface area contributed by atoms with Crippen LogP contribution < -0.4 is 5.32 Å². The fourth-order valence-electron chi connectivity index (χ4n) is 3.29. The van der Waals surface area contributed by atoms with Crippen LogP contribution in [0, 0.1) is 0 Å². The Labute approximate surface area is 153 Å². The van der Waals surface area contributed by atoms with Gasteiger partial charge in [-0.2, -0.15) is 0 Å². The van der Waals surface area contributed by atoms with Crippen LogP contribution in [-0.4, -0.2) is 29.2 Å². The molecule has 0 bridgehead atoms. The van der Waals surface area contributed by atoms with Gasteiger partial charge in [-0.3, -0.25) is 14.5 Å². The van der Waals surface area contributed by atoms with E-state index in [1.807, 2.05) is 56.3 Å². The largest absolute Gasteiger partial charge is 0.325 e. The van der Waals surface area contributed by atoms with E-state index in [-0.39, 0.29) is 18.2 Å². The molecule has 1 aliphatic rings. The quantitative estimate of drug-likeness (QED) is 0.642. The number of urea groups is 1. The van der Waals surface area contributed by atoms with Crippen LogP contribution in [0.2, 0.25) is 0 Å². The molecular formula is C21H22N2O3. The number of imide groups is 1. The van der Waals surface area contributed by atoms with Crippen LogP contribution in [0.15, 0.2) is 54.6 Å². The Morgan fingerprint density at radius 2 is 1.65 bits per heavy atom.